The van der Waals surface area contributed by atoms with Gasteiger partial charge in [-0.05, 0) is 38.0 Å². The molecule has 0 radical (unpaired) electrons. The second kappa shape index (κ2) is 7.11. The maximum atomic E-state index is 12.8. The molecule has 0 spiro atoms. The Balaban J connectivity index is 1.28. The Kier molecular flexibility index (Phi) is 4.43. The first-order valence-electron chi connectivity index (χ1n) is 9.69. The van der Waals surface area contributed by atoms with Gasteiger partial charge in [-0.1, -0.05) is 23.4 Å². The fourth-order valence-electron chi connectivity index (χ4n) is 3.52. The van der Waals surface area contributed by atoms with E-state index >= 15 is 0 Å². The highest BCUT2D eigenvalue weighted by Gasteiger charge is 2.35. The number of aryl methyl sites for hydroxylation is 1. The van der Waals surface area contributed by atoms with Crippen molar-refractivity contribution in [2.24, 2.45) is 5.92 Å². The number of rotatable bonds is 5. The largest absolute Gasteiger partial charge is 0.339 e. The Bertz CT molecular complexity index is 1070. The summed E-state index contributed by atoms with van der Waals surface area (Å²) < 4.78 is 5.34. The third-order valence-corrected chi connectivity index (χ3v) is 6.37. The lowest BCUT2D eigenvalue weighted by molar-refractivity contribution is -0.122. The van der Waals surface area contributed by atoms with Crippen LogP contribution in [0.15, 0.2) is 40.9 Å². The smallest absolute Gasteiger partial charge is 0.230 e. The van der Waals surface area contributed by atoms with E-state index in [4.69, 9.17) is 4.52 Å². The van der Waals surface area contributed by atoms with Gasteiger partial charge >= 0.3 is 0 Å². The summed E-state index contributed by atoms with van der Waals surface area (Å²) in [7, 11) is 0. The molecular formula is C21H20N4O3S. The van der Waals surface area contributed by atoms with Gasteiger partial charge in [0.05, 0.1) is 16.5 Å². The number of hydrogen-bond acceptors (Lipinski definition) is 6. The third-order valence-electron chi connectivity index (χ3n) is 5.33. The molecule has 2 aromatic heterocycles. The lowest BCUT2D eigenvalue weighted by atomic mass is 10.1. The van der Waals surface area contributed by atoms with Crippen molar-refractivity contribution in [1.82, 2.24) is 10.1 Å². The molecule has 1 aromatic carbocycles. The second-order valence-electron chi connectivity index (χ2n) is 7.54. The molecule has 1 saturated carbocycles. The lowest BCUT2D eigenvalue weighted by Crippen LogP contribution is -2.28. The topological polar surface area (TPSA) is 88.3 Å². The van der Waals surface area contributed by atoms with E-state index in [1.807, 2.05) is 43.3 Å². The van der Waals surface area contributed by atoms with E-state index in [2.05, 4.69) is 15.5 Å². The SMILES string of the molecule is Cc1sc(-c2noc(C3CC3)n2)cc1NC(=O)[C@H]1CC(=O)N(c2ccccc2)C1. The van der Waals surface area contributed by atoms with Crippen molar-refractivity contribution < 1.29 is 14.1 Å². The summed E-state index contributed by atoms with van der Waals surface area (Å²) >= 11 is 1.52. The van der Waals surface area contributed by atoms with Crippen molar-refractivity contribution in [3.05, 3.63) is 47.2 Å². The molecule has 1 saturated heterocycles. The highest BCUT2D eigenvalue weighted by atomic mass is 32.1. The second-order valence-corrected chi connectivity index (χ2v) is 8.80. The fraction of sp³-hybridized carbons (Fsp3) is 0.333. The van der Waals surface area contributed by atoms with Crippen molar-refractivity contribution >= 4 is 34.5 Å². The van der Waals surface area contributed by atoms with Crippen LogP contribution in [0.25, 0.3) is 10.7 Å². The molecular weight excluding hydrogens is 388 g/mol. The van der Waals surface area contributed by atoms with Crippen LogP contribution in [0.4, 0.5) is 11.4 Å². The van der Waals surface area contributed by atoms with Gasteiger partial charge in [0, 0.05) is 29.4 Å². The molecule has 0 bridgehead atoms. The number of carbonyl (C=O) groups is 2. The number of thiophene rings is 1. The van der Waals surface area contributed by atoms with E-state index in [9.17, 15) is 9.59 Å². The van der Waals surface area contributed by atoms with Gasteiger partial charge in [0.15, 0.2) is 0 Å². The number of aromatic nitrogens is 2. The lowest BCUT2D eigenvalue weighted by Gasteiger charge is -2.16. The molecule has 148 valence electrons. The van der Waals surface area contributed by atoms with E-state index in [0.717, 1.165) is 34.0 Å². The van der Waals surface area contributed by atoms with Crippen LogP contribution in [0, 0.1) is 12.8 Å². The van der Waals surface area contributed by atoms with E-state index in [1.165, 1.54) is 11.3 Å². The quantitative estimate of drug-likeness (QED) is 0.690. The van der Waals surface area contributed by atoms with Gasteiger partial charge in [-0.25, -0.2) is 0 Å². The van der Waals surface area contributed by atoms with Crippen molar-refractivity contribution in [2.75, 3.05) is 16.8 Å². The molecule has 1 aliphatic heterocycles. The van der Waals surface area contributed by atoms with E-state index in [0.29, 0.717) is 24.2 Å². The summed E-state index contributed by atoms with van der Waals surface area (Å²) in [4.78, 5) is 33.2. The van der Waals surface area contributed by atoms with Gasteiger partial charge < -0.3 is 14.7 Å². The minimum absolute atomic E-state index is 0.0292. The first-order chi connectivity index (χ1) is 14.1. The molecule has 2 fully saturated rings. The molecule has 3 heterocycles. The van der Waals surface area contributed by atoms with Crippen molar-refractivity contribution in [3.8, 4) is 10.7 Å². The van der Waals surface area contributed by atoms with Gasteiger partial charge in [0.2, 0.25) is 23.5 Å². The predicted octanol–water partition coefficient (Wildman–Crippen LogP) is 3.98. The molecule has 2 amide bonds. The number of anilines is 2. The summed E-state index contributed by atoms with van der Waals surface area (Å²) in [6.07, 6.45) is 2.42. The minimum Gasteiger partial charge on any atom is -0.339 e. The van der Waals surface area contributed by atoms with Crippen LogP contribution in [-0.4, -0.2) is 28.5 Å². The zero-order chi connectivity index (χ0) is 20.0. The Morgan fingerprint density at radius 2 is 2.07 bits per heavy atom. The number of carbonyl (C=O) groups excluding carboxylic acids is 2. The van der Waals surface area contributed by atoms with Crippen molar-refractivity contribution in [3.63, 3.8) is 0 Å². The van der Waals surface area contributed by atoms with E-state index < -0.39 is 0 Å². The Hall–Kier alpha value is -3.00. The van der Waals surface area contributed by atoms with Crippen molar-refractivity contribution in [1.29, 1.82) is 0 Å². The standard InChI is InChI=1S/C21H20N4O3S/c1-12-16(10-17(29-12)19-23-21(28-24-19)13-7-8-13)22-20(27)14-9-18(26)25(11-14)15-5-3-2-4-6-15/h2-6,10,13-14H,7-9,11H2,1H3,(H,22,27)/t14-/m0/s1. The molecule has 1 aliphatic carbocycles. The zero-order valence-electron chi connectivity index (χ0n) is 15.9. The van der Waals surface area contributed by atoms with Crippen LogP contribution in [0.5, 0.6) is 0 Å². The van der Waals surface area contributed by atoms with Crippen LogP contribution in [0.2, 0.25) is 0 Å². The van der Waals surface area contributed by atoms with Crippen LogP contribution in [0.1, 0.15) is 35.9 Å². The number of nitrogens with zero attached hydrogens (tertiary/aromatic N) is 3. The highest BCUT2D eigenvalue weighted by molar-refractivity contribution is 7.16. The number of hydrogen-bond donors (Lipinski definition) is 1. The number of para-hydroxylation sites is 1. The van der Waals surface area contributed by atoms with Crippen LogP contribution >= 0.6 is 11.3 Å². The van der Waals surface area contributed by atoms with Gasteiger partial charge in [-0.2, -0.15) is 4.98 Å². The summed E-state index contributed by atoms with van der Waals surface area (Å²) in [5.41, 5.74) is 1.56. The monoisotopic (exact) mass is 408 g/mol. The number of nitrogens with one attached hydrogen (secondary N) is 1. The maximum Gasteiger partial charge on any atom is 0.230 e. The molecule has 8 heteroatoms. The molecule has 5 rings (SSSR count). The van der Waals surface area contributed by atoms with Crippen LogP contribution < -0.4 is 10.2 Å². The summed E-state index contributed by atoms with van der Waals surface area (Å²) in [5, 5.41) is 7.06. The van der Waals surface area contributed by atoms with Gasteiger partial charge in [-0.3, -0.25) is 9.59 Å². The molecule has 1 atom stereocenters. The summed E-state index contributed by atoms with van der Waals surface area (Å²) in [5.74, 6) is 1.12. The average molecular weight is 408 g/mol. The van der Waals surface area contributed by atoms with E-state index in [1.54, 1.807) is 4.90 Å². The molecule has 29 heavy (non-hydrogen) atoms. The summed E-state index contributed by atoms with van der Waals surface area (Å²) in [6.45, 7) is 2.34. The van der Waals surface area contributed by atoms with Crippen LogP contribution in [0.3, 0.4) is 0 Å². The maximum absolute atomic E-state index is 12.8. The van der Waals surface area contributed by atoms with E-state index in [-0.39, 0.29) is 24.2 Å². The molecule has 0 unspecified atom stereocenters. The first-order valence-corrected chi connectivity index (χ1v) is 10.5. The van der Waals surface area contributed by atoms with Crippen molar-refractivity contribution in [2.45, 2.75) is 32.1 Å². The molecule has 2 aliphatic rings. The zero-order valence-corrected chi connectivity index (χ0v) is 16.7. The average Bonchev–Trinajstić information content (AvgIpc) is 3.15. The molecule has 7 nitrogen and oxygen atoms in total. The minimum atomic E-state index is -0.378. The Labute approximate surface area is 171 Å². The molecule has 3 aromatic rings. The summed E-state index contributed by atoms with van der Waals surface area (Å²) in [6, 6.07) is 11.3. The van der Waals surface area contributed by atoms with Gasteiger partial charge in [0.1, 0.15) is 0 Å². The van der Waals surface area contributed by atoms with Crippen LogP contribution in [-0.2, 0) is 9.59 Å². The fourth-order valence-corrected chi connectivity index (χ4v) is 4.42. The number of benzene rings is 1. The number of amides is 2. The normalized spacial score (nSPS) is 19.0. The van der Waals surface area contributed by atoms with Gasteiger partial charge in [0.25, 0.3) is 0 Å². The Morgan fingerprint density at radius 1 is 1.28 bits per heavy atom. The highest BCUT2D eigenvalue weighted by Crippen LogP contribution is 2.40. The Morgan fingerprint density at radius 3 is 2.83 bits per heavy atom. The predicted molar refractivity (Wildman–Crippen MR) is 110 cm³/mol. The van der Waals surface area contributed by atoms with Gasteiger partial charge in [-0.15, -0.1) is 11.3 Å². The molecule has 1 N–H and O–H groups in total. The first kappa shape index (κ1) is 18.1. The third kappa shape index (κ3) is 3.55.